The van der Waals surface area contributed by atoms with Crippen molar-refractivity contribution in [2.24, 2.45) is 5.92 Å². The van der Waals surface area contributed by atoms with Crippen LogP contribution >= 0.6 is 0 Å². The number of piperidine rings is 1. The molecule has 3 aliphatic rings. The molecule has 32 heavy (non-hydrogen) atoms. The Labute approximate surface area is 188 Å². The van der Waals surface area contributed by atoms with Crippen LogP contribution in [0, 0.1) is 5.92 Å². The third kappa shape index (κ3) is 4.40. The molecule has 0 atom stereocenters. The second kappa shape index (κ2) is 8.71. The molecular weight excluding hydrogens is 413 g/mol. The maximum atomic E-state index is 13.5. The highest BCUT2D eigenvalue weighted by molar-refractivity contribution is 5.64. The van der Waals surface area contributed by atoms with Gasteiger partial charge in [0.05, 0.1) is 5.56 Å². The SMILES string of the molecule is FC(F)(F)c1ccc2c(c1)N(Cc1ccccc1)C1(CCN(CC3CCOCC3)CC1)C2. The lowest BCUT2D eigenvalue weighted by atomic mass is 9.83. The van der Waals surface area contributed by atoms with Gasteiger partial charge in [-0.25, -0.2) is 0 Å². The number of hydrogen-bond acceptors (Lipinski definition) is 3. The van der Waals surface area contributed by atoms with Crippen molar-refractivity contribution in [3.05, 3.63) is 65.2 Å². The summed E-state index contributed by atoms with van der Waals surface area (Å²) in [4.78, 5) is 4.85. The monoisotopic (exact) mass is 444 g/mol. The lowest BCUT2D eigenvalue weighted by Crippen LogP contribution is -2.54. The van der Waals surface area contributed by atoms with Crippen LogP contribution in [-0.2, 0) is 23.9 Å². The average molecular weight is 445 g/mol. The van der Waals surface area contributed by atoms with Gasteiger partial charge in [-0.2, -0.15) is 13.2 Å². The number of hydrogen-bond donors (Lipinski definition) is 0. The van der Waals surface area contributed by atoms with E-state index in [1.54, 1.807) is 6.07 Å². The maximum absolute atomic E-state index is 13.5. The van der Waals surface area contributed by atoms with Gasteiger partial charge >= 0.3 is 6.18 Å². The summed E-state index contributed by atoms with van der Waals surface area (Å²) < 4.78 is 46.0. The van der Waals surface area contributed by atoms with Gasteiger partial charge in [0, 0.05) is 50.6 Å². The van der Waals surface area contributed by atoms with Gasteiger partial charge in [0.2, 0.25) is 0 Å². The average Bonchev–Trinajstić information content (AvgIpc) is 3.08. The van der Waals surface area contributed by atoms with Crippen molar-refractivity contribution in [3.8, 4) is 0 Å². The van der Waals surface area contributed by atoms with E-state index in [0.29, 0.717) is 12.5 Å². The number of halogens is 3. The predicted octanol–water partition coefficient (Wildman–Crippen LogP) is 5.53. The first-order valence-electron chi connectivity index (χ1n) is 11.7. The Morgan fingerprint density at radius 3 is 2.38 bits per heavy atom. The van der Waals surface area contributed by atoms with Crippen molar-refractivity contribution in [1.29, 1.82) is 0 Å². The number of fused-ring (bicyclic) bond motifs is 1. The summed E-state index contributed by atoms with van der Waals surface area (Å²) in [7, 11) is 0. The highest BCUT2D eigenvalue weighted by Gasteiger charge is 2.46. The second-order valence-electron chi connectivity index (χ2n) is 9.67. The molecular formula is C26H31F3N2O. The number of ether oxygens (including phenoxy) is 1. The highest BCUT2D eigenvalue weighted by Crippen LogP contribution is 2.47. The minimum atomic E-state index is -4.32. The van der Waals surface area contributed by atoms with E-state index >= 15 is 0 Å². The van der Waals surface area contributed by atoms with Crippen LogP contribution in [-0.4, -0.2) is 43.3 Å². The van der Waals surface area contributed by atoms with Crippen LogP contribution in [0.3, 0.4) is 0 Å². The Hall–Kier alpha value is -2.05. The molecule has 6 heteroatoms. The minimum Gasteiger partial charge on any atom is -0.381 e. The summed E-state index contributed by atoms with van der Waals surface area (Å²) in [5.74, 6) is 0.702. The van der Waals surface area contributed by atoms with E-state index in [1.807, 2.05) is 18.2 Å². The van der Waals surface area contributed by atoms with Crippen molar-refractivity contribution in [3.63, 3.8) is 0 Å². The number of benzene rings is 2. The van der Waals surface area contributed by atoms with E-state index in [4.69, 9.17) is 4.74 Å². The third-order valence-electron chi connectivity index (χ3n) is 7.62. The molecule has 2 aromatic rings. The smallest absolute Gasteiger partial charge is 0.381 e. The van der Waals surface area contributed by atoms with E-state index in [9.17, 15) is 13.2 Å². The predicted molar refractivity (Wildman–Crippen MR) is 120 cm³/mol. The molecule has 0 aliphatic carbocycles. The normalized spacial score (nSPS) is 21.8. The first-order chi connectivity index (χ1) is 15.4. The van der Waals surface area contributed by atoms with Crippen LogP contribution in [0.5, 0.6) is 0 Å². The van der Waals surface area contributed by atoms with Gasteiger partial charge in [0.1, 0.15) is 0 Å². The number of likely N-dealkylation sites (tertiary alicyclic amines) is 1. The number of rotatable bonds is 4. The molecule has 2 saturated heterocycles. The van der Waals surface area contributed by atoms with E-state index in [-0.39, 0.29) is 5.54 Å². The molecule has 172 valence electrons. The second-order valence-corrected chi connectivity index (χ2v) is 9.67. The zero-order valence-electron chi connectivity index (χ0n) is 18.4. The van der Waals surface area contributed by atoms with Gasteiger partial charge < -0.3 is 14.5 Å². The summed E-state index contributed by atoms with van der Waals surface area (Å²) in [5, 5.41) is 0. The molecule has 3 nitrogen and oxygen atoms in total. The van der Waals surface area contributed by atoms with Crippen LogP contribution in [0.25, 0.3) is 0 Å². The van der Waals surface area contributed by atoms with Gasteiger partial charge in [0.25, 0.3) is 0 Å². The van der Waals surface area contributed by atoms with Crippen LogP contribution < -0.4 is 4.90 Å². The quantitative estimate of drug-likeness (QED) is 0.617. The van der Waals surface area contributed by atoms with E-state index in [0.717, 1.165) is 81.8 Å². The van der Waals surface area contributed by atoms with Gasteiger partial charge in [0.15, 0.2) is 0 Å². The van der Waals surface area contributed by atoms with Gasteiger partial charge in [-0.3, -0.25) is 0 Å². The fourth-order valence-electron chi connectivity index (χ4n) is 5.76. The van der Waals surface area contributed by atoms with Gasteiger partial charge in [-0.15, -0.1) is 0 Å². The van der Waals surface area contributed by atoms with E-state index in [1.165, 1.54) is 12.1 Å². The Morgan fingerprint density at radius 1 is 0.969 bits per heavy atom. The van der Waals surface area contributed by atoms with E-state index in [2.05, 4.69) is 21.9 Å². The fraction of sp³-hybridized carbons (Fsp3) is 0.538. The lowest BCUT2D eigenvalue weighted by molar-refractivity contribution is -0.137. The maximum Gasteiger partial charge on any atom is 0.416 e. The summed E-state index contributed by atoms with van der Waals surface area (Å²) >= 11 is 0. The van der Waals surface area contributed by atoms with Gasteiger partial charge in [-0.05, 0) is 61.3 Å². The van der Waals surface area contributed by atoms with E-state index < -0.39 is 11.7 Å². The van der Waals surface area contributed by atoms with Crippen LogP contribution in [0.1, 0.15) is 42.4 Å². The Kier molecular flexibility index (Phi) is 5.93. The van der Waals surface area contributed by atoms with Crippen molar-refractivity contribution < 1.29 is 17.9 Å². The van der Waals surface area contributed by atoms with Crippen LogP contribution in [0.2, 0.25) is 0 Å². The van der Waals surface area contributed by atoms with Crippen molar-refractivity contribution in [2.45, 2.75) is 50.4 Å². The molecule has 0 saturated carbocycles. The summed E-state index contributed by atoms with van der Waals surface area (Å²) in [6, 6.07) is 14.5. The molecule has 0 amide bonds. The Morgan fingerprint density at radius 2 is 1.69 bits per heavy atom. The minimum absolute atomic E-state index is 0.103. The first-order valence-corrected chi connectivity index (χ1v) is 11.7. The summed E-state index contributed by atoms with van der Waals surface area (Å²) in [5.41, 5.74) is 2.30. The molecule has 0 bridgehead atoms. The van der Waals surface area contributed by atoms with Crippen molar-refractivity contribution in [1.82, 2.24) is 4.90 Å². The highest BCUT2D eigenvalue weighted by atomic mass is 19.4. The Balaban J connectivity index is 1.38. The molecule has 0 N–H and O–H groups in total. The molecule has 3 aliphatic heterocycles. The molecule has 1 spiro atoms. The molecule has 0 unspecified atom stereocenters. The Bertz CT molecular complexity index is 916. The largest absolute Gasteiger partial charge is 0.416 e. The zero-order chi connectivity index (χ0) is 22.2. The zero-order valence-corrected chi connectivity index (χ0v) is 18.4. The molecule has 2 fully saturated rings. The molecule has 2 aromatic carbocycles. The molecule has 3 heterocycles. The summed E-state index contributed by atoms with van der Waals surface area (Å²) in [6.45, 7) is 5.50. The van der Waals surface area contributed by atoms with Gasteiger partial charge in [-0.1, -0.05) is 36.4 Å². The molecule has 5 rings (SSSR count). The number of alkyl halides is 3. The topological polar surface area (TPSA) is 15.7 Å². The third-order valence-corrected chi connectivity index (χ3v) is 7.62. The fourth-order valence-corrected chi connectivity index (χ4v) is 5.76. The van der Waals surface area contributed by atoms with Crippen LogP contribution in [0.4, 0.5) is 18.9 Å². The van der Waals surface area contributed by atoms with Crippen molar-refractivity contribution in [2.75, 3.05) is 37.7 Å². The van der Waals surface area contributed by atoms with Crippen LogP contribution in [0.15, 0.2) is 48.5 Å². The number of anilines is 1. The molecule has 0 aromatic heterocycles. The summed E-state index contributed by atoms with van der Waals surface area (Å²) in [6.07, 6.45) is 0.744. The van der Waals surface area contributed by atoms with Crippen molar-refractivity contribution >= 4 is 5.69 Å². The number of nitrogens with zero attached hydrogens (tertiary/aromatic N) is 2. The first kappa shape index (κ1) is 21.8. The lowest BCUT2D eigenvalue weighted by Gasteiger charge is -2.47. The molecule has 0 radical (unpaired) electrons. The standard InChI is InChI=1S/C26H31F3N2O/c27-26(28,29)23-7-6-22-17-25(31(24(22)16-23)19-20-4-2-1-3-5-20)10-12-30(13-11-25)18-21-8-14-32-15-9-21/h1-7,16,21H,8-15,17-19H2.